The molecular formula is C23H19FN6. The third-order valence-corrected chi connectivity index (χ3v) is 5.87. The summed E-state index contributed by atoms with van der Waals surface area (Å²) < 4.78 is 15.7. The first-order valence-electron chi connectivity index (χ1n) is 10.1. The van der Waals surface area contributed by atoms with Crippen LogP contribution in [0.3, 0.4) is 0 Å². The number of aromatic nitrogens is 5. The van der Waals surface area contributed by atoms with Crippen molar-refractivity contribution in [3.05, 3.63) is 78.4 Å². The van der Waals surface area contributed by atoms with Crippen molar-refractivity contribution in [3.8, 4) is 11.3 Å². The van der Waals surface area contributed by atoms with Gasteiger partial charge in [-0.05, 0) is 48.7 Å². The van der Waals surface area contributed by atoms with Crippen LogP contribution in [0.15, 0.2) is 67.0 Å². The molecule has 1 saturated heterocycles. The molecule has 5 aromatic rings. The Balaban J connectivity index is 1.43. The number of fused-ring (bicyclic) bond motifs is 2. The topological polar surface area (TPSA) is 62.1 Å². The van der Waals surface area contributed by atoms with Crippen molar-refractivity contribution >= 4 is 22.4 Å². The van der Waals surface area contributed by atoms with Gasteiger partial charge in [-0.3, -0.25) is 5.10 Å². The second-order valence-corrected chi connectivity index (χ2v) is 7.68. The zero-order valence-corrected chi connectivity index (χ0v) is 16.2. The molecule has 1 unspecified atom stereocenters. The molecule has 7 heteroatoms. The fraction of sp³-hybridized carbons (Fsp3) is 0.174. The highest BCUT2D eigenvalue weighted by Gasteiger charge is 2.28. The summed E-state index contributed by atoms with van der Waals surface area (Å²) in [6, 6.07) is 17.2. The first-order chi connectivity index (χ1) is 14.8. The molecule has 1 atom stereocenters. The fourth-order valence-electron chi connectivity index (χ4n) is 4.41. The van der Waals surface area contributed by atoms with Gasteiger partial charge in [-0.2, -0.15) is 5.10 Å². The van der Waals surface area contributed by atoms with Gasteiger partial charge in [-0.25, -0.2) is 13.9 Å². The normalized spacial score (nSPS) is 16.7. The number of halogens is 1. The summed E-state index contributed by atoms with van der Waals surface area (Å²) in [5, 5.41) is 13.1. The number of rotatable bonds is 3. The fourth-order valence-corrected chi connectivity index (χ4v) is 4.41. The molecule has 0 radical (unpaired) electrons. The minimum atomic E-state index is -0.200. The molecule has 1 aliphatic rings. The number of anilines is 1. The van der Waals surface area contributed by atoms with Crippen molar-refractivity contribution in [2.75, 3.05) is 11.4 Å². The maximum Gasteiger partial charge on any atom is 0.154 e. The highest BCUT2D eigenvalue weighted by atomic mass is 19.1. The van der Waals surface area contributed by atoms with Crippen molar-refractivity contribution in [2.45, 2.75) is 18.9 Å². The van der Waals surface area contributed by atoms with Gasteiger partial charge in [0.1, 0.15) is 11.6 Å². The highest BCUT2D eigenvalue weighted by molar-refractivity contribution is 5.83. The average molecular weight is 398 g/mol. The van der Waals surface area contributed by atoms with E-state index in [1.807, 2.05) is 41.2 Å². The van der Waals surface area contributed by atoms with E-state index in [0.29, 0.717) is 0 Å². The standard InChI is InChI=1S/C23H19FN6/c24-18-4-1-3-15(11-18)20-5-2-10-29(20)23-9-8-22-25-14-21(30(22)28-23)16-6-7-17-13-26-27-19(17)12-16/h1,3-4,6-9,11-14,20H,2,5,10H2,(H,26,27). The van der Waals surface area contributed by atoms with E-state index < -0.39 is 0 Å². The Hall–Kier alpha value is -3.74. The predicted octanol–water partition coefficient (Wildman–Crippen LogP) is 4.75. The van der Waals surface area contributed by atoms with Crippen LogP contribution in [0, 0.1) is 5.82 Å². The van der Waals surface area contributed by atoms with Crippen LogP contribution < -0.4 is 4.90 Å². The van der Waals surface area contributed by atoms with Crippen LogP contribution in [0.25, 0.3) is 27.8 Å². The van der Waals surface area contributed by atoms with Crippen molar-refractivity contribution in [1.82, 2.24) is 24.8 Å². The van der Waals surface area contributed by atoms with Crippen molar-refractivity contribution < 1.29 is 4.39 Å². The van der Waals surface area contributed by atoms with Gasteiger partial charge in [-0.15, -0.1) is 5.10 Å². The third kappa shape index (κ3) is 2.74. The largest absolute Gasteiger partial charge is 0.348 e. The summed E-state index contributed by atoms with van der Waals surface area (Å²) in [5.41, 5.74) is 4.70. The van der Waals surface area contributed by atoms with E-state index in [1.165, 1.54) is 6.07 Å². The molecule has 6 rings (SSSR count). The van der Waals surface area contributed by atoms with Crippen molar-refractivity contribution in [2.24, 2.45) is 0 Å². The van der Waals surface area contributed by atoms with Gasteiger partial charge >= 0.3 is 0 Å². The lowest BCUT2D eigenvalue weighted by Crippen LogP contribution is -2.24. The number of aromatic amines is 1. The molecule has 6 nitrogen and oxygen atoms in total. The quantitative estimate of drug-likeness (QED) is 0.476. The summed E-state index contributed by atoms with van der Waals surface area (Å²) in [6.07, 6.45) is 5.69. The molecule has 0 bridgehead atoms. The molecule has 3 aromatic heterocycles. The van der Waals surface area contributed by atoms with Crippen LogP contribution in [0.1, 0.15) is 24.4 Å². The Morgan fingerprint density at radius 3 is 2.93 bits per heavy atom. The number of H-pyrrole nitrogens is 1. The summed E-state index contributed by atoms with van der Waals surface area (Å²) in [4.78, 5) is 6.79. The lowest BCUT2D eigenvalue weighted by molar-refractivity contribution is 0.617. The summed E-state index contributed by atoms with van der Waals surface area (Å²) in [7, 11) is 0. The van der Waals surface area contributed by atoms with E-state index in [-0.39, 0.29) is 11.9 Å². The second-order valence-electron chi connectivity index (χ2n) is 7.68. The molecule has 4 heterocycles. The number of hydrogen-bond acceptors (Lipinski definition) is 4. The summed E-state index contributed by atoms with van der Waals surface area (Å²) >= 11 is 0. The number of benzene rings is 2. The first kappa shape index (κ1) is 17.1. The van der Waals surface area contributed by atoms with E-state index in [2.05, 4.69) is 32.2 Å². The minimum Gasteiger partial charge on any atom is -0.348 e. The predicted molar refractivity (Wildman–Crippen MR) is 114 cm³/mol. The Morgan fingerprint density at radius 1 is 1.03 bits per heavy atom. The van der Waals surface area contributed by atoms with Crippen molar-refractivity contribution in [1.29, 1.82) is 0 Å². The molecule has 2 aromatic carbocycles. The second kappa shape index (κ2) is 6.66. The smallest absolute Gasteiger partial charge is 0.154 e. The maximum absolute atomic E-state index is 13.8. The lowest BCUT2D eigenvalue weighted by Gasteiger charge is -2.26. The van der Waals surface area contributed by atoms with Crippen LogP contribution in [0.4, 0.5) is 10.2 Å². The monoisotopic (exact) mass is 398 g/mol. The van der Waals surface area contributed by atoms with Crippen molar-refractivity contribution in [3.63, 3.8) is 0 Å². The molecule has 0 amide bonds. The number of hydrogen-bond donors (Lipinski definition) is 1. The number of nitrogens with one attached hydrogen (secondary N) is 1. The molecule has 1 aliphatic heterocycles. The van der Waals surface area contributed by atoms with Gasteiger partial charge < -0.3 is 4.90 Å². The van der Waals surface area contributed by atoms with Gasteiger partial charge in [0, 0.05) is 17.5 Å². The molecule has 0 aliphatic carbocycles. The molecule has 0 spiro atoms. The van der Waals surface area contributed by atoms with Gasteiger partial charge in [0.2, 0.25) is 0 Å². The van der Waals surface area contributed by atoms with Gasteiger partial charge in [-0.1, -0.05) is 24.3 Å². The molecule has 30 heavy (non-hydrogen) atoms. The Morgan fingerprint density at radius 2 is 2.00 bits per heavy atom. The minimum absolute atomic E-state index is 0.124. The van der Waals surface area contributed by atoms with E-state index in [9.17, 15) is 4.39 Å². The number of nitrogens with zero attached hydrogens (tertiary/aromatic N) is 5. The van der Waals surface area contributed by atoms with E-state index in [1.54, 1.807) is 12.1 Å². The average Bonchev–Trinajstić information content (AvgIpc) is 3.51. The molecule has 148 valence electrons. The molecule has 0 saturated carbocycles. The van der Waals surface area contributed by atoms with E-state index in [0.717, 1.165) is 58.6 Å². The Kier molecular flexibility index (Phi) is 3.80. The van der Waals surface area contributed by atoms with Crippen LogP contribution in [0.5, 0.6) is 0 Å². The lowest BCUT2D eigenvalue weighted by atomic mass is 10.0. The summed E-state index contributed by atoms with van der Waals surface area (Å²) in [6.45, 7) is 0.893. The molecule has 1 N–H and O–H groups in total. The van der Waals surface area contributed by atoms with E-state index >= 15 is 0 Å². The SMILES string of the molecule is Fc1cccc(C2CCCN2c2ccc3ncc(-c4ccc5cn[nH]c5c4)n3n2)c1. The Labute approximate surface area is 172 Å². The van der Waals surface area contributed by atoms with E-state index in [4.69, 9.17) is 5.10 Å². The maximum atomic E-state index is 13.8. The van der Waals surface area contributed by atoms with Gasteiger partial charge in [0.15, 0.2) is 5.65 Å². The third-order valence-electron chi connectivity index (χ3n) is 5.87. The number of imidazole rings is 1. The molecule has 1 fully saturated rings. The van der Waals surface area contributed by atoms with Crippen LogP contribution in [-0.4, -0.2) is 31.3 Å². The van der Waals surface area contributed by atoms with Gasteiger partial charge in [0.25, 0.3) is 0 Å². The van der Waals surface area contributed by atoms with Crippen LogP contribution in [-0.2, 0) is 0 Å². The first-order valence-corrected chi connectivity index (χ1v) is 10.1. The zero-order chi connectivity index (χ0) is 20.1. The zero-order valence-electron chi connectivity index (χ0n) is 16.2. The Bertz CT molecular complexity index is 1370. The summed E-state index contributed by atoms with van der Waals surface area (Å²) in [5.74, 6) is 0.671. The molecular weight excluding hydrogens is 379 g/mol. The van der Waals surface area contributed by atoms with Gasteiger partial charge in [0.05, 0.1) is 29.6 Å². The van der Waals surface area contributed by atoms with Crippen LogP contribution in [0.2, 0.25) is 0 Å². The van der Waals surface area contributed by atoms with Crippen LogP contribution >= 0.6 is 0 Å². The highest BCUT2D eigenvalue weighted by Crippen LogP contribution is 2.35.